The summed E-state index contributed by atoms with van der Waals surface area (Å²) >= 11 is 0. The lowest BCUT2D eigenvalue weighted by Crippen LogP contribution is -2.00. The van der Waals surface area contributed by atoms with Crippen molar-refractivity contribution < 1.29 is 0 Å². The van der Waals surface area contributed by atoms with Crippen LogP contribution in [-0.2, 0) is 12.8 Å². The topological polar surface area (TPSA) is 50.7 Å². The largest absolute Gasteiger partial charge is 0.372 e. The third-order valence-corrected chi connectivity index (χ3v) is 2.63. The van der Waals surface area contributed by atoms with Gasteiger partial charge in [-0.05, 0) is 30.2 Å². The summed E-state index contributed by atoms with van der Waals surface area (Å²) in [6.07, 6.45) is 3.66. The van der Waals surface area contributed by atoms with E-state index in [0.29, 0.717) is 0 Å². The summed E-state index contributed by atoms with van der Waals surface area (Å²) in [5, 5.41) is 11.1. The standard InChI is InChI=1S/C13H16N4/c1-3-10-4-5-11(15-9-10)8-12-6-7-13(14-2)17-16-12/h4-7,9H,3,8H2,1-2H3,(H,14,17). The summed E-state index contributed by atoms with van der Waals surface area (Å²) in [5.41, 5.74) is 3.21. The fourth-order valence-electron chi connectivity index (χ4n) is 1.54. The third kappa shape index (κ3) is 3.00. The number of nitrogens with one attached hydrogen (secondary N) is 1. The number of anilines is 1. The van der Waals surface area contributed by atoms with Gasteiger partial charge in [-0.25, -0.2) is 0 Å². The van der Waals surface area contributed by atoms with E-state index >= 15 is 0 Å². The Morgan fingerprint density at radius 1 is 1.06 bits per heavy atom. The molecule has 17 heavy (non-hydrogen) atoms. The molecule has 0 aliphatic rings. The van der Waals surface area contributed by atoms with Crippen molar-refractivity contribution in [2.45, 2.75) is 19.8 Å². The van der Waals surface area contributed by atoms with Crippen molar-refractivity contribution in [2.75, 3.05) is 12.4 Å². The molecule has 4 nitrogen and oxygen atoms in total. The van der Waals surface area contributed by atoms with Crippen LogP contribution in [0.2, 0.25) is 0 Å². The Hall–Kier alpha value is -1.97. The molecule has 88 valence electrons. The average Bonchev–Trinajstić information content (AvgIpc) is 2.40. The van der Waals surface area contributed by atoms with E-state index in [9.17, 15) is 0 Å². The summed E-state index contributed by atoms with van der Waals surface area (Å²) in [7, 11) is 1.83. The second-order valence-electron chi connectivity index (χ2n) is 3.85. The number of aryl methyl sites for hydroxylation is 1. The third-order valence-electron chi connectivity index (χ3n) is 2.63. The second kappa shape index (κ2) is 5.39. The van der Waals surface area contributed by atoms with E-state index in [2.05, 4.69) is 33.5 Å². The fraction of sp³-hybridized carbons (Fsp3) is 0.308. The van der Waals surface area contributed by atoms with Crippen LogP contribution in [0.15, 0.2) is 30.5 Å². The molecule has 0 bridgehead atoms. The van der Waals surface area contributed by atoms with Crippen molar-refractivity contribution in [1.82, 2.24) is 15.2 Å². The predicted octanol–water partition coefficient (Wildman–Crippen LogP) is 2.07. The van der Waals surface area contributed by atoms with Gasteiger partial charge in [0, 0.05) is 25.4 Å². The van der Waals surface area contributed by atoms with Gasteiger partial charge in [-0.15, -0.1) is 5.10 Å². The van der Waals surface area contributed by atoms with Gasteiger partial charge in [0.25, 0.3) is 0 Å². The lowest BCUT2D eigenvalue weighted by molar-refractivity contribution is 0.916. The molecule has 2 aromatic heterocycles. The molecule has 0 radical (unpaired) electrons. The molecule has 0 amide bonds. The van der Waals surface area contributed by atoms with Gasteiger partial charge in [-0.1, -0.05) is 13.0 Å². The summed E-state index contributed by atoms with van der Waals surface area (Å²) in [6.45, 7) is 2.12. The molecule has 0 atom stereocenters. The smallest absolute Gasteiger partial charge is 0.148 e. The Balaban J connectivity index is 2.08. The van der Waals surface area contributed by atoms with Crippen LogP contribution < -0.4 is 5.32 Å². The van der Waals surface area contributed by atoms with E-state index in [0.717, 1.165) is 30.0 Å². The highest BCUT2D eigenvalue weighted by atomic mass is 15.2. The van der Waals surface area contributed by atoms with Crippen molar-refractivity contribution in [2.24, 2.45) is 0 Å². The summed E-state index contributed by atoms with van der Waals surface area (Å²) in [5.74, 6) is 0.781. The summed E-state index contributed by atoms with van der Waals surface area (Å²) in [6, 6.07) is 8.04. The van der Waals surface area contributed by atoms with Crippen LogP contribution in [-0.4, -0.2) is 22.2 Å². The SMILES string of the molecule is CCc1ccc(Cc2ccc(NC)nn2)nc1. The molecule has 0 spiro atoms. The first-order valence-electron chi connectivity index (χ1n) is 5.76. The van der Waals surface area contributed by atoms with Gasteiger partial charge in [0.15, 0.2) is 0 Å². The number of pyridine rings is 1. The van der Waals surface area contributed by atoms with Gasteiger partial charge in [0.2, 0.25) is 0 Å². The van der Waals surface area contributed by atoms with E-state index in [1.165, 1.54) is 5.56 Å². The normalized spacial score (nSPS) is 10.2. The second-order valence-corrected chi connectivity index (χ2v) is 3.85. The fourth-order valence-corrected chi connectivity index (χ4v) is 1.54. The van der Waals surface area contributed by atoms with Gasteiger partial charge >= 0.3 is 0 Å². The minimum absolute atomic E-state index is 0.723. The number of rotatable bonds is 4. The molecule has 0 saturated heterocycles. The van der Waals surface area contributed by atoms with Gasteiger partial charge in [-0.2, -0.15) is 5.10 Å². The molecule has 0 aliphatic carbocycles. The number of nitrogens with zero attached hydrogens (tertiary/aromatic N) is 3. The minimum Gasteiger partial charge on any atom is -0.372 e. The van der Waals surface area contributed by atoms with Crippen molar-refractivity contribution in [3.8, 4) is 0 Å². The zero-order valence-electron chi connectivity index (χ0n) is 10.1. The molecule has 0 unspecified atom stereocenters. The van der Waals surface area contributed by atoms with Crippen LogP contribution in [0.4, 0.5) is 5.82 Å². The van der Waals surface area contributed by atoms with Gasteiger partial charge in [0.05, 0.1) is 5.69 Å². The van der Waals surface area contributed by atoms with E-state index < -0.39 is 0 Å². The van der Waals surface area contributed by atoms with E-state index in [-0.39, 0.29) is 0 Å². The zero-order chi connectivity index (χ0) is 12.1. The molecule has 0 aliphatic heterocycles. The molecule has 0 saturated carbocycles. The molecule has 2 heterocycles. The average molecular weight is 228 g/mol. The minimum atomic E-state index is 0.723. The monoisotopic (exact) mass is 228 g/mol. The van der Waals surface area contributed by atoms with Crippen LogP contribution in [0, 0.1) is 0 Å². The predicted molar refractivity (Wildman–Crippen MR) is 68.0 cm³/mol. The van der Waals surface area contributed by atoms with Crippen molar-refractivity contribution in [1.29, 1.82) is 0 Å². The van der Waals surface area contributed by atoms with Crippen molar-refractivity contribution in [3.63, 3.8) is 0 Å². The molecular formula is C13H16N4. The summed E-state index contributed by atoms with van der Waals surface area (Å²) < 4.78 is 0. The quantitative estimate of drug-likeness (QED) is 0.870. The maximum atomic E-state index is 4.40. The molecule has 1 N–H and O–H groups in total. The van der Waals surface area contributed by atoms with E-state index in [4.69, 9.17) is 0 Å². The first-order chi connectivity index (χ1) is 8.31. The lowest BCUT2D eigenvalue weighted by Gasteiger charge is -2.02. The number of aromatic nitrogens is 3. The van der Waals surface area contributed by atoms with Crippen LogP contribution in [0.3, 0.4) is 0 Å². The number of hydrogen-bond acceptors (Lipinski definition) is 4. The first-order valence-corrected chi connectivity index (χ1v) is 5.76. The van der Waals surface area contributed by atoms with Gasteiger partial charge in [0.1, 0.15) is 5.82 Å². The molecule has 4 heteroatoms. The highest BCUT2D eigenvalue weighted by molar-refractivity contribution is 5.32. The van der Waals surface area contributed by atoms with Crippen LogP contribution in [0.5, 0.6) is 0 Å². The van der Waals surface area contributed by atoms with Crippen LogP contribution in [0.1, 0.15) is 23.9 Å². The highest BCUT2D eigenvalue weighted by Gasteiger charge is 2.00. The Labute approximate surface area is 101 Å². The molecule has 0 fully saturated rings. The Morgan fingerprint density at radius 2 is 1.88 bits per heavy atom. The Kier molecular flexibility index (Phi) is 3.65. The van der Waals surface area contributed by atoms with Crippen molar-refractivity contribution in [3.05, 3.63) is 47.4 Å². The maximum absolute atomic E-state index is 4.40. The molecule has 2 rings (SSSR count). The Morgan fingerprint density at radius 3 is 2.41 bits per heavy atom. The Bertz CT molecular complexity index is 416. The van der Waals surface area contributed by atoms with Gasteiger partial charge < -0.3 is 5.32 Å². The number of hydrogen-bond donors (Lipinski definition) is 1. The first kappa shape index (κ1) is 11.5. The molecular weight excluding hydrogens is 212 g/mol. The highest BCUT2D eigenvalue weighted by Crippen LogP contribution is 2.07. The lowest BCUT2D eigenvalue weighted by atomic mass is 10.1. The van der Waals surface area contributed by atoms with Crippen molar-refractivity contribution >= 4 is 5.82 Å². The van der Waals surface area contributed by atoms with E-state index in [1.807, 2.05) is 31.4 Å². The van der Waals surface area contributed by atoms with Crippen LogP contribution in [0.25, 0.3) is 0 Å². The maximum Gasteiger partial charge on any atom is 0.148 e. The van der Waals surface area contributed by atoms with Crippen LogP contribution >= 0.6 is 0 Å². The zero-order valence-corrected chi connectivity index (χ0v) is 10.1. The van der Waals surface area contributed by atoms with E-state index in [1.54, 1.807) is 0 Å². The molecule has 0 aromatic carbocycles. The molecule has 2 aromatic rings. The summed E-state index contributed by atoms with van der Waals surface area (Å²) in [4.78, 5) is 4.40. The van der Waals surface area contributed by atoms with Gasteiger partial charge in [-0.3, -0.25) is 4.98 Å².